The van der Waals surface area contributed by atoms with Gasteiger partial charge in [0.15, 0.2) is 5.84 Å². The maximum atomic E-state index is 14.2. The summed E-state index contributed by atoms with van der Waals surface area (Å²) in [6.07, 6.45) is -0.267. The monoisotopic (exact) mass is 496 g/mol. The summed E-state index contributed by atoms with van der Waals surface area (Å²) in [5, 5.41) is 21.5. The lowest BCUT2D eigenvalue weighted by atomic mass is 9.85. The van der Waals surface area contributed by atoms with Crippen LogP contribution in [0.25, 0.3) is 11.1 Å². The first-order valence-corrected chi connectivity index (χ1v) is 12.5. The molecule has 0 bridgehead atoms. The molecule has 4 rings (SSSR count). The van der Waals surface area contributed by atoms with Gasteiger partial charge < -0.3 is 25.5 Å². The van der Waals surface area contributed by atoms with E-state index in [1.807, 2.05) is 65.8 Å². The number of amidine groups is 1. The van der Waals surface area contributed by atoms with E-state index < -0.39 is 23.9 Å². The van der Waals surface area contributed by atoms with Crippen molar-refractivity contribution in [2.24, 2.45) is 10.6 Å². The molecule has 1 saturated heterocycles. The Morgan fingerprint density at radius 1 is 1.22 bits per heavy atom. The maximum absolute atomic E-state index is 14.2. The van der Waals surface area contributed by atoms with E-state index in [4.69, 9.17) is 4.84 Å². The minimum absolute atomic E-state index is 0.0647. The highest BCUT2D eigenvalue weighted by Crippen LogP contribution is 2.33. The van der Waals surface area contributed by atoms with E-state index in [0.717, 1.165) is 11.1 Å². The van der Waals surface area contributed by atoms with Gasteiger partial charge in [-0.3, -0.25) is 4.79 Å². The van der Waals surface area contributed by atoms with Crippen LogP contribution >= 0.6 is 0 Å². The van der Waals surface area contributed by atoms with Crippen LogP contribution in [-0.2, 0) is 15.4 Å². The van der Waals surface area contributed by atoms with Gasteiger partial charge in [0.2, 0.25) is 11.6 Å². The van der Waals surface area contributed by atoms with E-state index in [-0.39, 0.29) is 29.7 Å². The summed E-state index contributed by atoms with van der Waals surface area (Å²) in [5.74, 6) is 0.172. The van der Waals surface area contributed by atoms with Gasteiger partial charge in [0, 0.05) is 37.1 Å². The molecule has 36 heavy (non-hydrogen) atoms. The Labute approximate surface area is 212 Å². The average molecular weight is 497 g/mol. The lowest BCUT2D eigenvalue weighted by Crippen LogP contribution is -2.58. The molecule has 0 saturated carbocycles. The number of nitrogens with one attached hydrogen (secondary N) is 2. The fourth-order valence-electron chi connectivity index (χ4n) is 4.87. The fourth-order valence-corrected chi connectivity index (χ4v) is 4.87. The Hall–Kier alpha value is -2.97. The van der Waals surface area contributed by atoms with Gasteiger partial charge in [-0.15, -0.1) is 0 Å². The Morgan fingerprint density at radius 2 is 1.89 bits per heavy atom. The first-order valence-electron chi connectivity index (χ1n) is 12.5. The number of hydrogen-bond acceptors (Lipinski definition) is 6. The number of aliphatic hydroxyl groups excluding tert-OH is 1. The van der Waals surface area contributed by atoms with Crippen molar-refractivity contribution in [2.45, 2.75) is 77.9 Å². The van der Waals surface area contributed by atoms with Gasteiger partial charge in [-0.05, 0) is 17.0 Å². The highest BCUT2D eigenvalue weighted by Gasteiger charge is 2.47. The Bertz CT molecular complexity index is 1130. The summed E-state index contributed by atoms with van der Waals surface area (Å²) < 4.78 is 14.2. The standard InChI is InChI=1S/C28H37FN4O3/c1-17(2)30-24(27(3,4)5)26(35)33-16-20(34)15-23(33)25-31-28(6,36-32-25)19-13-11-18(12-14-19)21-9-7-8-10-22(21)29/h7-14,17,20,23-24,30,34H,15-16H2,1-6H3,(H,31,32)/t20-,23+,24-,28?/m1/s1. The molecule has 3 N–H and O–H groups in total. The van der Waals surface area contributed by atoms with Gasteiger partial charge in [-0.1, -0.05) is 82.2 Å². The van der Waals surface area contributed by atoms with Gasteiger partial charge in [-0.2, -0.15) is 0 Å². The third-order valence-corrected chi connectivity index (χ3v) is 6.80. The molecular weight excluding hydrogens is 459 g/mol. The zero-order valence-corrected chi connectivity index (χ0v) is 21.9. The second kappa shape index (κ2) is 9.82. The molecule has 2 aromatic rings. The van der Waals surface area contributed by atoms with E-state index in [2.05, 4.69) is 15.8 Å². The number of carbonyl (C=O) groups is 1. The van der Waals surface area contributed by atoms with Crippen LogP contribution in [0.2, 0.25) is 0 Å². The van der Waals surface area contributed by atoms with Crippen molar-refractivity contribution in [3.63, 3.8) is 0 Å². The summed E-state index contributed by atoms with van der Waals surface area (Å²) in [5.41, 5.74) is 0.845. The normalized spacial score (nSPS) is 24.9. The zero-order chi connectivity index (χ0) is 26.3. The second-order valence-corrected chi connectivity index (χ2v) is 11.3. The van der Waals surface area contributed by atoms with E-state index in [1.165, 1.54) is 6.07 Å². The number of benzene rings is 2. The topological polar surface area (TPSA) is 86.2 Å². The predicted octanol–water partition coefficient (Wildman–Crippen LogP) is 3.97. The summed E-state index contributed by atoms with van der Waals surface area (Å²) >= 11 is 0. The number of likely N-dealkylation sites (tertiary alicyclic amines) is 1. The van der Waals surface area contributed by atoms with Crippen molar-refractivity contribution in [1.82, 2.24) is 15.5 Å². The van der Waals surface area contributed by atoms with Gasteiger partial charge in [-0.25, -0.2) is 4.39 Å². The Balaban J connectivity index is 1.52. The number of amides is 1. The average Bonchev–Trinajstić information content (AvgIpc) is 3.40. The first-order chi connectivity index (χ1) is 16.9. The van der Waals surface area contributed by atoms with Crippen LogP contribution in [0.1, 0.15) is 53.5 Å². The summed E-state index contributed by atoms with van der Waals surface area (Å²) in [7, 11) is 0. The predicted molar refractivity (Wildman–Crippen MR) is 138 cm³/mol. The molecule has 0 spiro atoms. The number of oxime groups is 1. The summed E-state index contributed by atoms with van der Waals surface area (Å²) in [6.45, 7) is 12.2. The number of hydrogen-bond donors (Lipinski definition) is 3. The minimum Gasteiger partial charge on any atom is -0.391 e. The number of β-amino-alcohol motifs (C(OH)–C–C–N with tert-alkyl or cyclic N) is 1. The third kappa shape index (κ3) is 5.25. The smallest absolute Gasteiger partial charge is 0.240 e. The highest BCUT2D eigenvalue weighted by atomic mass is 19.1. The van der Waals surface area contributed by atoms with E-state index in [0.29, 0.717) is 17.8 Å². The molecule has 2 aliphatic rings. The molecule has 0 radical (unpaired) electrons. The largest absolute Gasteiger partial charge is 0.391 e. The van der Waals surface area contributed by atoms with Crippen molar-refractivity contribution in [1.29, 1.82) is 0 Å². The van der Waals surface area contributed by atoms with Crippen molar-refractivity contribution in [2.75, 3.05) is 6.54 Å². The third-order valence-electron chi connectivity index (χ3n) is 6.80. The van der Waals surface area contributed by atoms with Crippen LogP contribution in [0.15, 0.2) is 53.7 Å². The van der Waals surface area contributed by atoms with Gasteiger partial charge >= 0.3 is 0 Å². The Kier molecular flexibility index (Phi) is 7.12. The quantitative estimate of drug-likeness (QED) is 0.564. The minimum atomic E-state index is -0.953. The van der Waals surface area contributed by atoms with Crippen LogP contribution in [0, 0.1) is 11.2 Å². The lowest BCUT2D eigenvalue weighted by Gasteiger charge is -2.37. The number of aliphatic hydroxyl groups is 1. The molecule has 1 fully saturated rings. The number of carbonyl (C=O) groups excluding carboxylic acids is 1. The van der Waals surface area contributed by atoms with Crippen LogP contribution in [0.5, 0.6) is 0 Å². The van der Waals surface area contributed by atoms with Crippen LogP contribution in [0.3, 0.4) is 0 Å². The number of nitrogens with zero attached hydrogens (tertiary/aromatic N) is 2. The van der Waals surface area contributed by atoms with E-state index in [9.17, 15) is 14.3 Å². The molecule has 1 amide bonds. The molecule has 0 aromatic heterocycles. The Morgan fingerprint density at radius 3 is 2.50 bits per heavy atom. The van der Waals surface area contributed by atoms with Crippen molar-refractivity contribution < 1.29 is 19.1 Å². The zero-order valence-electron chi connectivity index (χ0n) is 21.9. The molecule has 7 nitrogen and oxygen atoms in total. The van der Waals surface area contributed by atoms with Crippen molar-refractivity contribution >= 4 is 11.7 Å². The highest BCUT2D eigenvalue weighted by molar-refractivity contribution is 5.94. The molecule has 0 aliphatic carbocycles. The van der Waals surface area contributed by atoms with E-state index >= 15 is 0 Å². The SMILES string of the molecule is CC(C)N[C@H](C(=O)N1C[C@H](O)C[C@H]1C1=NOC(C)(c2ccc(-c3ccccc3F)cc2)N1)C(C)(C)C. The second-order valence-electron chi connectivity index (χ2n) is 11.3. The molecule has 2 heterocycles. The van der Waals surface area contributed by atoms with Gasteiger partial charge in [0.25, 0.3) is 0 Å². The van der Waals surface area contributed by atoms with Crippen molar-refractivity contribution in [3.05, 3.63) is 59.9 Å². The maximum Gasteiger partial charge on any atom is 0.240 e. The summed E-state index contributed by atoms with van der Waals surface area (Å²) in [6, 6.07) is 13.4. The fraction of sp³-hybridized carbons (Fsp3) is 0.500. The van der Waals surface area contributed by atoms with Gasteiger partial charge in [0.05, 0.1) is 18.2 Å². The van der Waals surface area contributed by atoms with Crippen LogP contribution in [0.4, 0.5) is 4.39 Å². The molecule has 8 heteroatoms. The number of halogens is 1. The molecule has 2 aromatic carbocycles. The molecule has 2 aliphatic heterocycles. The molecule has 1 unspecified atom stereocenters. The van der Waals surface area contributed by atoms with E-state index in [1.54, 1.807) is 23.1 Å². The lowest BCUT2D eigenvalue weighted by molar-refractivity contribution is -0.136. The summed E-state index contributed by atoms with van der Waals surface area (Å²) in [4.78, 5) is 21.2. The van der Waals surface area contributed by atoms with Gasteiger partial charge in [0.1, 0.15) is 5.82 Å². The van der Waals surface area contributed by atoms with Crippen molar-refractivity contribution in [3.8, 4) is 11.1 Å². The van der Waals surface area contributed by atoms with Crippen LogP contribution in [-0.4, -0.2) is 52.5 Å². The first kappa shape index (κ1) is 26.1. The molecular formula is C28H37FN4O3. The van der Waals surface area contributed by atoms with Crippen LogP contribution < -0.4 is 10.6 Å². The number of rotatable bonds is 6. The molecule has 4 atom stereocenters. The molecule has 194 valence electrons.